The zero-order chi connectivity index (χ0) is 17.0. The number of ether oxygens (including phenoxy) is 1. The number of benzene rings is 1. The van der Waals surface area contributed by atoms with E-state index < -0.39 is 22.0 Å². The van der Waals surface area contributed by atoms with Gasteiger partial charge in [-0.1, -0.05) is 23.7 Å². The molecule has 1 N–H and O–H groups in total. The maximum atomic E-state index is 12.4. The van der Waals surface area contributed by atoms with E-state index in [1.807, 2.05) is 0 Å². The van der Waals surface area contributed by atoms with Gasteiger partial charge >= 0.3 is 5.97 Å². The number of rotatable bonds is 6. The zero-order valence-corrected chi connectivity index (χ0v) is 15.9. The standard InChI is InChI=1S/C14H13BrClNO4S2/c1-21-14(18)11(8-9-2-4-10(16)5-3-9)17-23(19,20)13-7-6-12(15)22-13/h2-7,11,17H,8H2,1H3. The van der Waals surface area contributed by atoms with Crippen molar-refractivity contribution in [1.82, 2.24) is 4.72 Å². The number of sulfonamides is 1. The van der Waals surface area contributed by atoms with Crippen molar-refractivity contribution in [2.75, 3.05) is 7.11 Å². The molecule has 1 aromatic heterocycles. The van der Waals surface area contributed by atoms with Crippen LogP contribution < -0.4 is 4.72 Å². The summed E-state index contributed by atoms with van der Waals surface area (Å²) in [7, 11) is -2.59. The van der Waals surface area contributed by atoms with Crippen molar-refractivity contribution in [3.8, 4) is 0 Å². The number of esters is 1. The summed E-state index contributed by atoms with van der Waals surface area (Å²) in [4.78, 5) is 11.9. The Morgan fingerprint density at radius 2 is 1.96 bits per heavy atom. The van der Waals surface area contributed by atoms with Crippen molar-refractivity contribution in [3.05, 3.63) is 50.8 Å². The fourth-order valence-corrected chi connectivity index (χ4v) is 5.20. The molecule has 1 atom stereocenters. The van der Waals surface area contributed by atoms with Crippen LogP contribution in [0.4, 0.5) is 0 Å². The maximum absolute atomic E-state index is 12.4. The number of carbonyl (C=O) groups excluding carboxylic acids is 1. The number of thiophene rings is 1. The van der Waals surface area contributed by atoms with E-state index in [-0.39, 0.29) is 10.6 Å². The summed E-state index contributed by atoms with van der Waals surface area (Å²) < 4.78 is 32.6. The number of nitrogens with one attached hydrogen (secondary N) is 1. The lowest BCUT2D eigenvalue weighted by Crippen LogP contribution is -2.42. The second-order valence-corrected chi connectivity index (χ2v) is 9.43. The quantitative estimate of drug-likeness (QED) is 0.703. The minimum Gasteiger partial charge on any atom is -0.468 e. The Bertz CT molecular complexity index is 789. The van der Waals surface area contributed by atoms with Crippen molar-refractivity contribution in [1.29, 1.82) is 0 Å². The monoisotopic (exact) mass is 437 g/mol. The number of carbonyl (C=O) groups is 1. The van der Waals surface area contributed by atoms with Gasteiger partial charge in [-0.15, -0.1) is 11.3 Å². The Morgan fingerprint density at radius 1 is 1.30 bits per heavy atom. The zero-order valence-electron chi connectivity index (χ0n) is 12.0. The highest BCUT2D eigenvalue weighted by Gasteiger charge is 2.27. The Balaban J connectivity index is 2.22. The van der Waals surface area contributed by atoms with Gasteiger partial charge in [-0.3, -0.25) is 4.79 Å². The van der Waals surface area contributed by atoms with Crippen LogP contribution in [0.5, 0.6) is 0 Å². The normalized spacial score (nSPS) is 12.8. The maximum Gasteiger partial charge on any atom is 0.324 e. The van der Waals surface area contributed by atoms with Gasteiger partial charge in [0.15, 0.2) is 0 Å². The Labute approximate surface area is 151 Å². The molecule has 2 aromatic rings. The molecule has 0 saturated carbocycles. The van der Waals surface area contributed by atoms with Crippen LogP contribution in [0.2, 0.25) is 5.02 Å². The van der Waals surface area contributed by atoms with Gasteiger partial charge in [0.05, 0.1) is 10.9 Å². The van der Waals surface area contributed by atoms with Gasteiger partial charge in [-0.05, 0) is 52.2 Å². The molecule has 0 spiro atoms. The van der Waals surface area contributed by atoms with Crippen LogP contribution in [0.25, 0.3) is 0 Å². The third kappa shape index (κ3) is 5.02. The molecule has 0 aliphatic heterocycles. The smallest absolute Gasteiger partial charge is 0.324 e. The molecule has 0 amide bonds. The average Bonchev–Trinajstić information content (AvgIpc) is 2.95. The van der Waals surface area contributed by atoms with E-state index in [9.17, 15) is 13.2 Å². The van der Waals surface area contributed by atoms with Crippen molar-refractivity contribution in [2.45, 2.75) is 16.7 Å². The molecule has 1 unspecified atom stereocenters. The van der Waals surface area contributed by atoms with Gasteiger partial charge in [0.2, 0.25) is 0 Å². The van der Waals surface area contributed by atoms with E-state index in [1.165, 1.54) is 13.2 Å². The highest BCUT2D eigenvalue weighted by atomic mass is 79.9. The second kappa shape index (κ2) is 7.76. The van der Waals surface area contributed by atoms with Gasteiger partial charge in [-0.2, -0.15) is 4.72 Å². The molecule has 1 heterocycles. The lowest BCUT2D eigenvalue weighted by atomic mass is 10.1. The molecular formula is C14H13BrClNO4S2. The van der Waals surface area contributed by atoms with Crippen LogP contribution in [-0.2, 0) is 26.0 Å². The summed E-state index contributed by atoms with van der Waals surface area (Å²) >= 11 is 10.1. The molecule has 23 heavy (non-hydrogen) atoms. The second-order valence-electron chi connectivity index (χ2n) is 4.59. The summed E-state index contributed by atoms with van der Waals surface area (Å²) in [6, 6.07) is 8.89. The first kappa shape index (κ1) is 18.4. The van der Waals surface area contributed by atoms with Crippen molar-refractivity contribution in [3.63, 3.8) is 0 Å². The first-order chi connectivity index (χ1) is 10.8. The first-order valence-corrected chi connectivity index (χ1v) is 9.89. The molecule has 1 aromatic carbocycles. The van der Waals surface area contributed by atoms with E-state index in [1.54, 1.807) is 30.3 Å². The van der Waals surface area contributed by atoms with Crippen molar-refractivity contribution < 1.29 is 17.9 Å². The summed E-state index contributed by atoms with van der Waals surface area (Å²) in [5, 5.41) is 0.562. The lowest BCUT2D eigenvalue weighted by Gasteiger charge is -2.16. The van der Waals surface area contributed by atoms with Crippen LogP contribution in [-0.4, -0.2) is 27.5 Å². The third-order valence-corrected chi connectivity index (χ3v) is 6.79. The van der Waals surface area contributed by atoms with Crippen LogP contribution >= 0.6 is 38.9 Å². The van der Waals surface area contributed by atoms with E-state index in [4.69, 9.17) is 16.3 Å². The first-order valence-electron chi connectivity index (χ1n) is 6.42. The van der Waals surface area contributed by atoms with Gasteiger partial charge < -0.3 is 4.74 Å². The van der Waals surface area contributed by atoms with E-state index >= 15 is 0 Å². The lowest BCUT2D eigenvalue weighted by molar-refractivity contribution is -0.142. The molecule has 0 fully saturated rings. The fourth-order valence-electron chi connectivity index (χ4n) is 1.86. The summed E-state index contributed by atoms with van der Waals surface area (Å²) in [6.07, 6.45) is 0.162. The van der Waals surface area contributed by atoms with Crippen LogP contribution in [0.3, 0.4) is 0 Å². The highest BCUT2D eigenvalue weighted by Crippen LogP contribution is 2.26. The molecular weight excluding hydrogens is 426 g/mol. The Morgan fingerprint density at radius 3 is 2.48 bits per heavy atom. The van der Waals surface area contributed by atoms with Crippen LogP contribution in [0.1, 0.15) is 5.56 Å². The van der Waals surface area contributed by atoms with Crippen LogP contribution in [0.15, 0.2) is 44.4 Å². The highest BCUT2D eigenvalue weighted by molar-refractivity contribution is 9.11. The van der Waals surface area contributed by atoms with Crippen molar-refractivity contribution in [2.24, 2.45) is 0 Å². The minimum absolute atomic E-state index is 0.120. The summed E-state index contributed by atoms with van der Waals surface area (Å²) in [5.41, 5.74) is 0.764. The topological polar surface area (TPSA) is 72.5 Å². The van der Waals surface area contributed by atoms with Gasteiger partial charge in [0, 0.05) is 5.02 Å². The van der Waals surface area contributed by atoms with E-state index in [0.29, 0.717) is 8.81 Å². The number of hydrogen-bond acceptors (Lipinski definition) is 5. The number of hydrogen-bond donors (Lipinski definition) is 1. The minimum atomic E-state index is -3.81. The van der Waals surface area contributed by atoms with E-state index in [2.05, 4.69) is 20.7 Å². The summed E-state index contributed by atoms with van der Waals surface area (Å²) in [5.74, 6) is -0.654. The van der Waals surface area contributed by atoms with Gasteiger partial charge in [-0.25, -0.2) is 8.42 Å². The molecule has 0 radical (unpaired) electrons. The molecule has 0 saturated heterocycles. The SMILES string of the molecule is COC(=O)C(Cc1ccc(Cl)cc1)NS(=O)(=O)c1ccc(Br)s1. The molecule has 0 aliphatic rings. The predicted octanol–water partition coefficient (Wildman–Crippen LogP) is 3.23. The molecule has 0 bridgehead atoms. The Hall–Kier alpha value is -0.930. The molecule has 124 valence electrons. The van der Waals surface area contributed by atoms with Crippen LogP contribution in [0, 0.1) is 0 Å². The molecule has 5 nitrogen and oxygen atoms in total. The molecule has 0 aliphatic carbocycles. The number of methoxy groups -OCH3 is 1. The number of halogens is 2. The summed E-state index contributed by atoms with van der Waals surface area (Å²) in [6.45, 7) is 0. The van der Waals surface area contributed by atoms with Gasteiger partial charge in [0.25, 0.3) is 10.0 Å². The molecule has 2 rings (SSSR count). The van der Waals surface area contributed by atoms with Crippen molar-refractivity contribution >= 4 is 54.9 Å². The largest absolute Gasteiger partial charge is 0.468 e. The average molecular weight is 439 g/mol. The third-order valence-electron chi connectivity index (χ3n) is 2.95. The fraction of sp³-hybridized carbons (Fsp3) is 0.214. The molecule has 9 heteroatoms. The predicted molar refractivity (Wildman–Crippen MR) is 93.3 cm³/mol. The van der Waals surface area contributed by atoms with Gasteiger partial charge in [0.1, 0.15) is 10.3 Å². The van der Waals surface area contributed by atoms with E-state index in [0.717, 1.165) is 16.9 Å². The Kier molecular flexibility index (Phi) is 6.21.